The number of aryl methyl sites for hydroxylation is 1. The van der Waals surface area contributed by atoms with Crippen LogP contribution >= 0.6 is 11.6 Å². The molecule has 73 valence electrons. The van der Waals surface area contributed by atoms with Crippen molar-refractivity contribution in [1.82, 2.24) is 9.55 Å². The Morgan fingerprint density at radius 3 is 2.77 bits per heavy atom. The van der Waals surface area contributed by atoms with Crippen molar-refractivity contribution in [2.45, 2.75) is 32.8 Å². The van der Waals surface area contributed by atoms with Gasteiger partial charge in [0.05, 0.1) is 12.3 Å². The van der Waals surface area contributed by atoms with Crippen molar-refractivity contribution in [1.29, 1.82) is 0 Å². The van der Waals surface area contributed by atoms with Gasteiger partial charge in [0.25, 0.3) is 0 Å². The molecule has 1 radical (unpaired) electrons. The lowest BCUT2D eigenvalue weighted by Gasteiger charge is -2.01. The first-order valence-electron chi connectivity index (χ1n) is 4.38. The van der Waals surface area contributed by atoms with Crippen molar-refractivity contribution in [2.24, 2.45) is 0 Å². The summed E-state index contributed by atoms with van der Waals surface area (Å²) in [4.78, 5) is 4.12. The summed E-state index contributed by atoms with van der Waals surface area (Å²) in [5, 5.41) is 9.32. The fraction of sp³-hybridized carbons (Fsp3) is 0.556. The normalized spacial score (nSPS) is 10.8. The molecule has 0 fully saturated rings. The van der Waals surface area contributed by atoms with E-state index in [1.54, 1.807) is 4.57 Å². The van der Waals surface area contributed by atoms with Gasteiger partial charge in [-0.2, -0.15) is 0 Å². The maximum absolute atomic E-state index is 8.95. The van der Waals surface area contributed by atoms with Crippen LogP contribution in [0.2, 0.25) is 5.15 Å². The topological polar surface area (TPSA) is 38.0 Å². The van der Waals surface area contributed by atoms with Crippen LogP contribution in [0.15, 0.2) is 0 Å². The quantitative estimate of drug-likeness (QED) is 0.810. The second kappa shape index (κ2) is 4.63. The molecule has 3 nitrogen and oxygen atoms in total. The number of rotatable bonds is 4. The Labute approximate surface area is 83.4 Å². The van der Waals surface area contributed by atoms with Gasteiger partial charge in [0.2, 0.25) is 0 Å². The molecule has 0 saturated heterocycles. The predicted octanol–water partition coefficient (Wildman–Crippen LogP) is 2.01. The number of halogens is 1. The van der Waals surface area contributed by atoms with Gasteiger partial charge in [-0.05, 0) is 6.42 Å². The molecule has 0 aliphatic carbocycles. The van der Waals surface area contributed by atoms with E-state index in [0.717, 1.165) is 25.1 Å². The highest BCUT2D eigenvalue weighted by molar-refractivity contribution is 6.30. The summed E-state index contributed by atoms with van der Waals surface area (Å²) in [5.41, 5.74) is 0.591. The van der Waals surface area contributed by atoms with E-state index >= 15 is 0 Å². The maximum atomic E-state index is 8.95. The molecule has 1 aromatic heterocycles. The van der Waals surface area contributed by atoms with Gasteiger partial charge in [0.15, 0.2) is 5.15 Å². The van der Waals surface area contributed by atoms with E-state index in [1.165, 1.54) is 0 Å². The van der Waals surface area contributed by atoms with Crippen LogP contribution in [0, 0.1) is 7.05 Å². The number of aliphatic hydroxyl groups is 1. The van der Waals surface area contributed by atoms with Crippen molar-refractivity contribution in [3.63, 3.8) is 0 Å². The van der Waals surface area contributed by atoms with Crippen LogP contribution in [-0.4, -0.2) is 14.7 Å². The lowest BCUT2D eigenvalue weighted by molar-refractivity contribution is 0.274. The molecule has 0 aliphatic rings. The van der Waals surface area contributed by atoms with Crippen molar-refractivity contribution in [2.75, 3.05) is 0 Å². The summed E-state index contributed by atoms with van der Waals surface area (Å²) in [6.07, 6.45) is 3.03. The van der Waals surface area contributed by atoms with Crippen LogP contribution in [0.1, 0.15) is 31.3 Å². The van der Waals surface area contributed by atoms with Gasteiger partial charge in [-0.15, -0.1) is 0 Å². The number of unbranched alkanes of at least 4 members (excludes halogenated alkanes) is 1. The molecule has 0 unspecified atom stereocenters. The van der Waals surface area contributed by atoms with E-state index in [0.29, 0.717) is 10.8 Å². The molecule has 1 N–H and O–H groups in total. The molecule has 0 amide bonds. The number of nitrogens with zero attached hydrogens (tertiary/aromatic N) is 2. The lowest BCUT2D eigenvalue weighted by Crippen LogP contribution is -2.00. The van der Waals surface area contributed by atoms with Gasteiger partial charge in [-0.25, -0.2) is 4.98 Å². The Kier molecular flexibility index (Phi) is 3.75. The van der Waals surface area contributed by atoms with Crippen LogP contribution in [0.25, 0.3) is 0 Å². The Bertz CT molecular complexity index is 283. The first kappa shape index (κ1) is 10.5. The molecule has 1 aromatic rings. The third-order valence-electron chi connectivity index (χ3n) is 2.01. The number of hydrogen-bond acceptors (Lipinski definition) is 2. The molecule has 0 aliphatic heterocycles. The summed E-state index contributed by atoms with van der Waals surface area (Å²) in [5.74, 6) is 0.843. The molecule has 0 atom stereocenters. The highest BCUT2D eigenvalue weighted by Gasteiger charge is 2.10. The average molecular weight is 202 g/mol. The van der Waals surface area contributed by atoms with Crippen LogP contribution in [-0.2, 0) is 13.0 Å². The summed E-state index contributed by atoms with van der Waals surface area (Å²) in [6, 6.07) is 0. The molecule has 0 saturated carbocycles. The summed E-state index contributed by atoms with van der Waals surface area (Å²) >= 11 is 5.80. The van der Waals surface area contributed by atoms with Crippen LogP contribution in [0.4, 0.5) is 0 Å². The standard InChI is InChI=1S/C9H14ClN2O/c1-3-4-5-8-11-9(10)7(6-13)12(8)2/h13H,2-6H2,1H3. The summed E-state index contributed by atoms with van der Waals surface area (Å²) in [7, 11) is 3.77. The maximum Gasteiger partial charge on any atom is 0.152 e. The third-order valence-corrected chi connectivity index (χ3v) is 2.31. The average Bonchev–Trinajstić information content (AvgIpc) is 2.38. The number of hydrogen-bond donors (Lipinski definition) is 1. The zero-order valence-corrected chi connectivity index (χ0v) is 8.51. The minimum absolute atomic E-state index is 0.110. The molecule has 13 heavy (non-hydrogen) atoms. The fourth-order valence-electron chi connectivity index (χ4n) is 1.18. The molecule has 1 heterocycles. The molecule has 0 aromatic carbocycles. The first-order valence-corrected chi connectivity index (χ1v) is 4.76. The van der Waals surface area contributed by atoms with Crippen molar-refractivity contribution in [3.05, 3.63) is 23.7 Å². The molecule has 1 rings (SSSR count). The largest absolute Gasteiger partial charge is 0.390 e. The van der Waals surface area contributed by atoms with Crippen molar-refractivity contribution in [3.8, 4) is 0 Å². The van der Waals surface area contributed by atoms with Gasteiger partial charge >= 0.3 is 0 Å². The van der Waals surface area contributed by atoms with Crippen LogP contribution in [0.5, 0.6) is 0 Å². The number of imidazole rings is 1. The smallest absolute Gasteiger partial charge is 0.152 e. The Morgan fingerprint density at radius 1 is 1.62 bits per heavy atom. The third kappa shape index (κ3) is 2.23. The Hall–Kier alpha value is -0.540. The lowest BCUT2D eigenvalue weighted by atomic mass is 10.2. The van der Waals surface area contributed by atoms with Gasteiger partial charge < -0.3 is 9.67 Å². The number of aromatic nitrogens is 2. The minimum atomic E-state index is -0.110. The van der Waals surface area contributed by atoms with E-state index in [2.05, 4.69) is 19.0 Å². The second-order valence-corrected chi connectivity index (χ2v) is 3.31. The first-order chi connectivity index (χ1) is 6.20. The highest BCUT2D eigenvalue weighted by atomic mass is 35.5. The molecular weight excluding hydrogens is 188 g/mol. The number of aliphatic hydroxyl groups excluding tert-OH is 1. The van der Waals surface area contributed by atoms with Gasteiger partial charge in [0.1, 0.15) is 5.82 Å². The Morgan fingerprint density at radius 2 is 2.31 bits per heavy atom. The molecule has 0 bridgehead atoms. The SMILES string of the molecule is [CH2]n1c(CCCC)nc(Cl)c1CO. The Balaban J connectivity index is 2.83. The van der Waals surface area contributed by atoms with Gasteiger partial charge in [0, 0.05) is 13.5 Å². The van der Waals surface area contributed by atoms with E-state index in [-0.39, 0.29) is 6.61 Å². The zero-order valence-electron chi connectivity index (χ0n) is 7.76. The van der Waals surface area contributed by atoms with E-state index in [1.807, 2.05) is 0 Å². The fourth-order valence-corrected chi connectivity index (χ4v) is 1.44. The van der Waals surface area contributed by atoms with Gasteiger partial charge in [-0.3, -0.25) is 0 Å². The second-order valence-electron chi connectivity index (χ2n) is 2.96. The minimum Gasteiger partial charge on any atom is -0.390 e. The van der Waals surface area contributed by atoms with Crippen LogP contribution in [0.3, 0.4) is 0 Å². The molecule has 0 spiro atoms. The van der Waals surface area contributed by atoms with Crippen LogP contribution < -0.4 is 0 Å². The molecule has 4 heteroatoms. The zero-order chi connectivity index (χ0) is 9.84. The van der Waals surface area contributed by atoms with Crippen molar-refractivity contribution < 1.29 is 5.11 Å². The summed E-state index contributed by atoms with van der Waals surface area (Å²) < 4.78 is 1.62. The van der Waals surface area contributed by atoms with Gasteiger partial charge in [-0.1, -0.05) is 24.9 Å². The molecular formula is C9H14ClN2O. The van der Waals surface area contributed by atoms with E-state index in [9.17, 15) is 0 Å². The summed E-state index contributed by atoms with van der Waals surface area (Å²) in [6.45, 7) is 2.01. The highest BCUT2D eigenvalue weighted by Crippen LogP contribution is 2.17. The predicted molar refractivity (Wildman–Crippen MR) is 52.5 cm³/mol. The van der Waals surface area contributed by atoms with E-state index in [4.69, 9.17) is 16.7 Å². The van der Waals surface area contributed by atoms with Crippen molar-refractivity contribution >= 4 is 11.6 Å². The van der Waals surface area contributed by atoms with E-state index < -0.39 is 0 Å². The monoisotopic (exact) mass is 201 g/mol.